The fourth-order valence-electron chi connectivity index (χ4n) is 7.08. The van der Waals surface area contributed by atoms with Crippen molar-refractivity contribution in [2.45, 2.75) is 44.9 Å². The lowest BCUT2D eigenvalue weighted by atomic mass is 9.84. The molecular formula is C40H34N2. The molecule has 0 saturated heterocycles. The summed E-state index contributed by atoms with van der Waals surface area (Å²) in [4.78, 5) is 5.14. The van der Waals surface area contributed by atoms with Crippen LogP contribution >= 0.6 is 0 Å². The minimum absolute atomic E-state index is 0.345. The third kappa shape index (κ3) is 4.13. The van der Waals surface area contributed by atoms with Crippen molar-refractivity contribution >= 4 is 38.2 Å². The number of rotatable bonds is 4. The van der Waals surface area contributed by atoms with E-state index in [2.05, 4.69) is 133 Å². The third-order valence-corrected chi connectivity index (χ3v) is 9.05. The Labute approximate surface area is 247 Å². The van der Waals surface area contributed by atoms with Crippen molar-refractivity contribution in [3.8, 4) is 16.8 Å². The molecule has 0 fully saturated rings. The molecule has 1 atom stereocenters. The van der Waals surface area contributed by atoms with Crippen LogP contribution in [0.4, 0.5) is 0 Å². The van der Waals surface area contributed by atoms with E-state index < -0.39 is 0 Å². The number of aryl methyl sites for hydroxylation is 1. The van der Waals surface area contributed by atoms with Gasteiger partial charge in [-0.15, -0.1) is 0 Å². The number of imidazole rings is 1. The van der Waals surface area contributed by atoms with E-state index in [1.165, 1.54) is 73.4 Å². The fraction of sp³-hybridized carbons (Fsp3) is 0.175. The van der Waals surface area contributed by atoms with E-state index in [1.807, 2.05) is 0 Å². The van der Waals surface area contributed by atoms with Gasteiger partial charge in [-0.1, -0.05) is 103 Å². The van der Waals surface area contributed by atoms with Crippen molar-refractivity contribution in [1.29, 1.82) is 0 Å². The Bertz CT molecular complexity index is 2070. The molecule has 1 aromatic heterocycles. The van der Waals surface area contributed by atoms with Gasteiger partial charge in [0, 0.05) is 11.6 Å². The Morgan fingerprint density at radius 2 is 1.50 bits per heavy atom. The summed E-state index contributed by atoms with van der Waals surface area (Å²) in [6.07, 6.45) is 17.5. The second-order valence-corrected chi connectivity index (χ2v) is 11.8. The number of hydrogen-bond acceptors (Lipinski definition) is 1. The van der Waals surface area contributed by atoms with Crippen molar-refractivity contribution in [3.63, 3.8) is 0 Å². The highest BCUT2D eigenvalue weighted by Gasteiger charge is 2.22. The summed E-state index contributed by atoms with van der Waals surface area (Å²) in [7, 11) is 0. The Kier molecular flexibility index (Phi) is 6.14. The summed E-state index contributed by atoms with van der Waals surface area (Å²) in [6.45, 7) is 2.20. The standard InChI is InChI=1S/C40H34N2/c1-27-20-25-34-35(26-27)39(33-17-9-8-16-32(33)38(34)28-12-4-2-5-13-28)29-21-23-31(24-22-29)42-37-19-11-10-18-36(37)41-40(42)30-14-6-3-7-15-30/h4,6,8-14,16-26,30H,2-3,5,7,15H2,1H3. The summed E-state index contributed by atoms with van der Waals surface area (Å²) in [5.41, 5.74) is 9.93. The maximum Gasteiger partial charge on any atom is 0.121 e. The highest BCUT2D eigenvalue weighted by molar-refractivity contribution is 6.19. The maximum atomic E-state index is 5.14. The monoisotopic (exact) mass is 542 g/mol. The topological polar surface area (TPSA) is 17.8 Å². The first-order chi connectivity index (χ1) is 20.8. The van der Waals surface area contributed by atoms with E-state index >= 15 is 0 Å². The first-order valence-corrected chi connectivity index (χ1v) is 15.3. The zero-order valence-electron chi connectivity index (χ0n) is 24.1. The molecule has 1 heterocycles. The number of nitrogens with zero attached hydrogens (tertiary/aromatic N) is 2. The number of benzene rings is 5. The summed E-state index contributed by atoms with van der Waals surface area (Å²) in [6, 6.07) is 33.7. The van der Waals surface area contributed by atoms with E-state index in [0.29, 0.717) is 5.92 Å². The molecule has 0 aliphatic heterocycles. The molecule has 2 aliphatic carbocycles. The molecule has 42 heavy (non-hydrogen) atoms. The van der Waals surface area contributed by atoms with Crippen molar-refractivity contribution in [2.75, 3.05) is 0 Å². The second-order valence-electron chi connectivity index (χ2n) is 11.8. The van der Waals surface area contributed by atoms with Gasteiger partial charge in [-0.25, -0.2) is 4.98 Å². The van der Waals surface area contributed by atoms with Crippen LogP contribution in [0.15, 0.2) is 121 Å². The lowest BCUT2D eigenvalue weighted by Gasteiger charge is -2.20. The lowest BCUT2D eigenvalue weighted by Crippen LogP contribution is -2.08. The van der Waals surface area contributed by atoms with Crippen LogP contribution in [-0.2, 0) is 0 Å². The van der Waals surface area contributed by atoms with Gasteiger partial charge in [-0.2, -0.15) is 0 Å². The summed E-state index contributed by atoms with van der Waals surface area (Å²) >= 11 is 0. The van der Waals surface area contributed by atoms with Crippen LogP contribution < -0.4 is 0 Å². The Balaban J connectivity index is 1.34. The molecule has 204 valence electrons. The van der Waals surface area contributed by atoms with Gasteiger partial charge in [0.25, 0.3) is 0 Å². The van der Waals surface area contributed by atoms with Gasteiger partial charge in [-0.3, -0.25) is 4.57 Å². The molecule has 0 radical (unpaired) electrons. The SMILES string of the molecule is Cc1ccc2c(C3=CCCC=C3)c3ccccc3c(-c3ccc(-n4c(C5C=CCCC5)nc5ccccc54)cc3)c2c1. The van der Waals surface area contributed by atoms with Crippen LogP contribution in [0.5, 0.6) is 0 Å². The van der Waals surface area contributed by atoms with Gasteiger partial charge in [0.05, 0.1) is 11.0 Å². The average Bonchev–Trinajstić information content (AvgIpc) is 3.44. The van der Waals surface area contributed by atoms with Crippen LogP contribution in [0.3, 0.4) is 0 Å². The van der Waals surface area contributed by atoms with Gasteiger partial charge in [0.15, 0.2) is 0 Å². The van der Waals surface area contributed by atoms with Crippen LogP contribution in [0, 0.1) is 6.92 Å². The molecule has 2 nitrogen and oxygen atoms in total. The predicted octanol–water partition coefficient (Wildman–Crippen LogP) is 10.9. The van der Waals surface area contributed by atoms with Gasteiger partial charge < -0.3 is 0 Å². The largest absolute Gasteiger partial charge is 0.296 e. The average molecular weight is 543 g/mol. The molecule has 2 heteroatoms. The first kappa shape index (κ1) is 25.1. The van der Waals surface area contributed by atoms with E-state index in [1.54, 1.807) is 0 Å². The van der Waals surface area contributed by atoms with E-state index in [4.69, 9.17) is 4.98 Å². The summed E-state index contributed by atoms with van der Waals surface area (Å²) in [5.74, 6) is 1.49. The zero-order valence-corrected chi connectivity index (χ0v) is 24.1. The molecule has 5 aromatic carbocycles. The van der Waals surface area contributed by atoms with Crippen molar-refractivity contribution in [2.24, 2.45) is 0 Å². The Morgan fingerprint density at radius 3 is 2.29 bits per heavy atom. The molecule has 0 N–H and O–H groups in total. The number of allylic oxidation sites excluding steroid dienone is 6. The number of fused-ring (bicyclic) bond motifs is 3. The molecule has 1 unspecified atom stereocenters. The Morgan fingerprint density at radius 1 is 0.714 bits per heavy atom. The van der Waals surface area contributed by atoms with Crippen LogP contribution in [0.1, 0.15) is 55.0 Å². The minimum Gasteiger partial charge on any atom is -0.296 e. The second kappa shape index (κ2) is 10.3. The normalized spacial score (nSPS) is 16.9. The number of para-hydroxylation sites is 2. The molecule has 6 aromatic rings. The maximum absolute atomic E-state index is 5.14. The van der Waals surface area contributed by atoms with Crippen LogP contribution in [0.2, 0.25) is 0 Å². The van der Waals surface area contributed by atoms with E-state index in [-0.39, 0.29) is 0 Å². The molecule has 8 rings (SSSR count). The van der Waals surface area contributed by atoms with Gasteiger partial charge >= 0.3 is 0 Å². The van der Waals surface area contributed by atoms with Crippen LogP contribution in [-0.4, -0.2) is 9.55 Å². The van der Waals surface area contributed by atoms with Gasteiger partial charge in [-0.05, 0) is 107 Å². The smallest absolute Gasteiger partial charge is 0.121 e. The lowest BCUT2D eigenvalue weighted by molar-refractivity contribution is 0.620. The Hall–Kier alpha value is -4.69. The molecule has 2 aliphatic rings. The number of hydrogen-bond donors (Lipinski definition) is 0. The molecule has 0 saturated carbocycles. The van der Waals surface area contributed by atoms with Gasteiger partial charge in [0.1, 0.15) is 5.82 Å². The zero-order chi connectivity index (χ0) is 28.0. The van der Waals surface area contributed by atoms with Crippen molar-refractivity contribution < 1.29 is 0 Å². The summed E-state index contributed by atoms with van der Waals surface area (Å²) in [5, 5.41) is 5.26. The van der Waals surface area contributed by atoms with E-state index in [9.17, 15) is 0 Å². The highest BCUT2D eigenvalue weighted by Crippen LogP contribution is 2.43. The minimum atomic E-state index is 0.345. The van der Waals surface area contributed by atoms with Gasteiger partial charge in [0.2, 0.25) is 0 Å². The fourth-order valence-corrected chi connectivity index (χ4v) is 7.08. The number of aromatic nitrogens is 2. The van der Waals surface area contributed by atoms with Crippen LogP contribution in [0.25, 0.3) is 55.0 Å². The molecular weight excluding hydrogens is 508 g/mol. The van der Waals surface area contributed by atoms with Crippen molar-refractivity contribution in [3.05, 3.63) is 138 Å². The highest BCUT2D eigenvalue weighted by atomic mass is 15.1. The first-order valence-electron chi connectivity index (χ1n) is 15.3. The molecule has 0 spiro atoms. The predicted molar refractivity (Wildman–Crippen MR) is 178 cm³/mol. The quantitative estimate of drug-likeness (QED) is 0.160. The molecule has 0 amide bonds. The summed E-state index contributed by atoms with van der Waals surface area (Å²) < 4.78 is 2.38. The molecule has 0 bridgehead atoms. The van der Waals surface area contributed by atoms with Crippen molar-refractivity contribution in [1.82, 2.24) is 9.55 Å². The van der Waals surface area contributed by atoms with E-state index in [0.717, 1.165) is 30.6 Å². The third-order valence-electron chi connectivity index (χ3n) is 9.05.